The second kappa shape index (κ2) is 9.17. The number of ether oxygens (including phenoxy) is 2. The van der Waals surface area contributed by atoms with Crippen LogP contribution in [0.3, 0.4) is 0 Å². The van der Waals surface area contributed by atoms with Gasteiger partial charge in [-0.2, -0.15) is 19.1 Å². The van der Waals surface area contributed by atoms with E-state index in [9.17, 15) is 19.7 Å². The molecule has 0 aliphatic carbocycles. The zero-order valence-electron chi connectivity index (χ0n) is 20.6. The number of aliphatic hydroxyl groups excluding tert-OH is 2. The summed E-state index contributed by atoms with van der Waals surface area (Å²) in [7, 11) is -4.95. The number of fused-ring (bicyclic) bond motifs is 10. The van der Waals surface area contributed by atoms with Crippen molar-refractivity contribution in [1.82, 2.24) is 29.9 Å². The standard InChI is InChI=1S/C20H21N10O8PS2/c21-13-7-15(25-3-23-13)29-17-11(40-19(29)27-7)9(32)6(37-17)2-35-39(33,34)38-10-5(1-31)36-18-12(10)41-20-28-8-14(22)24-4-26-16(8)30(18)20/h3-6,9-12,17-18,31-32H,1-2H2,(H5,21,22,23,24,25,26,33,34)/p+1. The van der Waals surface area contributed by atoms with Crippen LogP contribution in [0.15, 0.2) is 23.0 Å². The SMILES string of the molecule is Nc1ncnc2c1[nH]c1[n+]2C2OC(COP(=O)([O-])OC3C(CO)OC4C3Sc3[nH]c5c(N)ncnc5[n+]34)C(O)C2S1. The van der Waals surface area contributed by atoms with E-state index in [4.69, 9.17) is 30.0 Å². The lowest BCUT2D eigenvalue weighted by Crippen LogP contribution is -2.41. The molecule has 2 fully saturated rings. The first-order valence-electron chi connectivity index (χ1n) is 12.4. The fraction of sp³-hybridized carbons (Fsp3) is 0.500. The van der Waals surface area contributed by atoms with E-state index in [0.29, 0.717) is 32.6 Å². The summed E-state index contributed by atoms with van der Waals surface area (Å²) in [6.07, 6.45) is -2.72. The molecule has 216 valence electrons. The van der Waals surface area contributed by atoms with Crippen molar-refractivity contribution in [2.24, 2.45) is 0 Å². The Morgan fingerprint density at radius 2 is 1.54 bits per heavy atom. The molecular formula is C20H22N10O8PS2+. The summed E-state index contributed by atoms with van der Waals surface area (Å²) < 4.78 is 39.1. The molecule has 0 bridgehead atoms. The molecule has 0 amide bonds. The van der Waals surface area contributed by atoms with E-state index < -0.39 is 68.4 Å². The molecule has 9 unspecified atom stereocenters. The number of aliphatic hydroxyl groups is 2. The molecule has 4 aromatic heterocycles. The van der Waals surface area contributed by atoms with Crippen molar-refractivity contribution in [3.05, 3.63) is 12.7 Å². The highest BCUT2D eigenvalue weighted by atomic mass is 32.2. The van der Waals surface area contributed by atoms with Crippen LogP contribution in [-0.2, 0) is 23.1 Å². The lowest BCUT2D eigenvalue weighted by atomic mass is 10.2. The molecule has 41 heavy (non-hydrogen) atoms. The molecule has 8 rings (SSSR count). The van der Waals surface area contributed by atoms with Crippen molar-refractivity contribution >= 4 is 65.3 Å². The molecule has 18 nitrogen and oxygen atoms in total. The topological polar surface area (TPSA) is 260 Å². The highest BCUT2D eigenvalue weighted by Gasteiger charge is 2.57. The van der Waals surface area contributed by atoms with Gasteiger partial charge in [-0.1, -0.05) is 9.97 Å². The van der Waals surface area contributed by atoms with Gasteiger partial charge in [0.15, 0.2) is 36.7 Å². The van der Waals surface area contributed by atoms with Crippen LogP contribution in [0.2, 0.25) is 0 Å². The minimum Gasteiger partial charge on any atom is -0.756 e. The number of hydrogen-bond acceptors (Lipinski definition) is 16. The van der Waals surface area contributed by atoms with Gasteiger partial charge in [0.05, 0.1) is 13.2 Å². The van der Waals surface area contributed by atoms with E-state index in [-0.39, 0.29) is 11.6 Å². The monoisotopic (exact) mass is 625 g/mol. The number of hydrogen-bond donors (Lipinski definition) is 6. The molecule has 9 atom stereocenters. The van der Waals surface area contributed by atoms with Gasteiger partial charge in [-0.25, -0.2) is 0 Å². The van der Waals surface area contributed by atoms with Crippen molar-refractivity contribution in [2.75, 3.05) is 24.7 Å². The number of nitrogen functional groups attached to an aromatic ring is 2. The predicted octanol–water partition coefficient (Wildman–Crippen LogP) is -2.36. The van der Waals surface area contributed by atoms with Gasteiger partial charge in [-0.15, -0.1) is 0 Å². The summed E-state index contributed by atoms with van der Waals surface area (Å²) in [5, 5.41) is 21.2. The molecule has 8 N–H and O–H groups in total. The van der Waals surface area contributed by atoms with Gasteiger partial charge in [0, 0.05) is 0 Å². The number of thioether (sulfide) groups is 2. The number of H-pyrrole nitrogens is 2. The molecule has 8 heterocycles. The minimum absolute atomic E-state index is 0.256. The van der Waals surface area contributed by atoms with Gasteiger partial charge in [-0.3, -0.25) is 14.5 Å². The largest absolute Gasteiger partial charge is 0.756 e. The Bertz CT molecular complexity index is 1760. The highest BCUT2D eigenvalue weighted by molar-refractivity contribution is 8.00. The molecule has 4 aliphatic heterocycles. The Kier molecular flexibility index (Phi) is 5.82. The van der Waals surface area contributed by atoms with E-state index in [1.165, 1.54) is 36.2 Å². The minimum atomic E-state index is -4.95. The third-order valence-electron chi connectivity index (χ3n) is 7.50. The quantitative estimate of drug-likeness (QED) is 0.0966. The van der Waals surface area contributed by atoms with Crippen LogP contribution in [0.25, 0.3) is 22.3 Å². The van der Waals surface area contributed by atoms with Crippen molar-refractivity contribution in [3.63, 3.8) is 0 Å². The first-order chi connectivity index (χ1) is 19.7. The maximum absolute atomic E-state index is 13.0. The van der Waals surface area contributed by atoms with Crippen molar-refractivity contribution < 1.29 is 47.3 Å². The number of rotatable bonds is 6. The Morgan fingerprint density at radius 3 is 2.15 bits per heavy atom. The molecule has 0 aromatic carbocycles. The Balaban J connectivity index is 0.972. The van der Waals surface area contributed by atoms with Crippen LogP contribution in [0.4, 0.5) is 11.6 Å². The third kappa shape index (κ3) is 3.83. The van der Waals surface area contributed by atoms with Crippen LogP contribution in [0, 0.1) is 0 Å². The molecular weight excluding hydrogens is 603 g/mol. The third-order valence-corrected chi connectivity index (χ3v) is 11.1. The number of anilines is 2. The number of nitrogens with two attached hydrogens (primary N) is 2. The number of aromatic amines is 2. The number of nitrogens with zero attached hydrogens (tertiary/aromatic N) is 6. The average molecular weight is 626 g/mol. The normalized spacial score (nSPS) is 33.2. The van der Waals surface area contributed by atoms with Crippen molar-refractivity contribution in [3.8, 4) is 0 Å². The molecule has 4 aliphatic rings. The summed E-state index contributed by atoms with van der Waals surface area (Å²) >= 11 is 2.60. The van der Waals surface area contributed by atoms with Gasteiger partial charge in [0.2, 0.25) is 11.0 Å². The van der Waals surface area contributed by atoms with Crippen LogP contribution < -0.4 is 25.5 Å². The van der Waals surface area contributed by atoms with Gasteiger partial charge < -0.3 is 45.1 Å². The predicted molar refractivity (Wildman–Crippen MR) is 136 cm³/mol. The van der Waals surface area contributed by atoms with Crippen LogP contribution >= 0.6 is 31.3 Å². The molecule has 0 saturated carbocycles. The molecule has 0 radical (unpaired) electrons. The molecule has 4 aromatic rings. The van der Waals surface area contributed by atoms with Crippen molar-refractivity contribution in [2.45, 2.75) is 57.7 Å². The number of imidazole rings is 2. The van der Waals surface area contributed by atoms with E-state index >= 15 is 0 Å². The highest BCUT2D eigenvalue weighted by Crippen LogP contribution is 2.52. The number of aromatic nitrogens is 8. The maximum atomic E-state index is 13.0. The number of phosphoric ester groups is 1. The molecule has 2 saturated heterocycles. The Morgan fingerprint density at radius 1 is 0.976 bits per heavy atom. The van der Waals surface area contributed by atoms with Crippen molar-refractivity contribution in [1.29, 1.82) is 0 Å². The van der Waals surface area contributed by atoms with Gasteiger partial charge >= 0.3 is 11.3 Å². The summed E-state index contributed by atoms with van der Waals surface area (Å²) in [6, 6.07) is 0. The Labute approximate surface area is 237 Å². The van der Waals surface area contributed by atoms with Crippen LogP contribution in [0.5, 0.6) is 0 Å². The fourth-order valence-electron chi connectivity index (χ4n) is 5.66. The van der Waals surface area contributed by atoms with E-state index in [1.54, 1.807) is 9.13 Å². The smallest absolute Gasteiger partial charge is 0.310 e. The molecule has 0 spiro atoms. The van der Waals surface area contributed by atoms with E-state index in [0.717, 1.165) is 0 Å². The second-order valence-corrected chi connectivity index (χ2v) is 13.5. The lowest BCUT2D eigenvalue weighted by molar-refractivity contribution is -0.763. The summed E-state index contributed by atoms with van der Waals surface area (Å²) in [4.78, 5) is 35.7. The number of phosphoric acid groups is 1. The van der Waals surface area contributed by atoms with E-state index in [1.807, 2.05) is 0 Å². The van der Waals surface area contributed by atoms with Gasteiger partial charge in [-0.05, 0) is 23.5 Å². The van der Waals surface area contributed by atoms with Crippen LogP contribution in [0.1, 0.15) is 12.5 Å². The zero-order valence-corrected chi connectivity index (χ0v) is 23.2. The number of nitrogens with one attached hydrogen (secondary N) is 2. The van der Waals surface area contributed by atoms with Gasteiger partial charge in [0.1, 0.15) is 34.9 Å². The maximum Gasteiger partial charge on any atom is 0.310 e. The first kappa shape index (κ1) is 26.0. The average Bonchev–Trinajstić information content (AvgIpc) is 3.74. The van der Waals surface area contributed by atoms with Gasteiger partial charge in [0.25, 0.3) is 18.1 Å². The van der Waals surface area contributed by atoms with E-state index in [2.05, 4.69) is 29.9 Å². The zero-order chi connectivity index (χ0) is 28.2. The van der Waals surface area contributed by atoms with Crippen LogP contribution in [-0.4, -0.2) is 88.2 Å². The Hall–Kier alpha value is -2.65. The summed E-state index contributed by atoms with van der Waals surface area (Å²) in [5.74, 6) is 0.527. The summed E-state index contributed by atoms with van der Waals surface area (Å²) in [5.41, 5.74) is 13.9. The molecule has 21 heteroatoms. The summed E-state index contributed by atoms with van der Waals surface area (Å²) in [6.45, 7) is -0.977. The second-order valence-electron chi connectivity index (χ2n) is 9.80. The lowest BCUT2D eigenvalue weighted by Gasteiger charge is -2.30. The first-order valence-corrected chi connectivity index (χ1v) is 15.6. The fourth-order valence-corrected chi connectivity index (χ4v) is 9.43.